The van der Waals surface area contributed by atoms with Crippen molar-refractivity contribution in [2.45, 2.75) is 5.92 Å². The summed E-state index contributed by atoms with van der Waals surface area (Å²) in [5.41, 5.74) is 2.06. The Hall–Kier alpha value is -2.85. The lowest BCUT2D eigenvalue weighted by atomic mass is 9.90. The number of amides is 1. The van der Waals surface area contributed by atoms with E-state index < -0.39 is 0 Å². The van der Waals surface area contributed by atoms with Crippen LogP contribution in [0.25, 0.3) is 0 Å². The van der Waals surface area contributed by atoms with Crippen molar-refractivity contribution < 1.29 is 4.79 Å². The summed E-state index contributed by atoms with van der Waals surface area (Å²) in [6, 6.07) is 23.8. The predicted molar refractivity (Wildman–Crippen MR) is 113 cm³/mol. The Labute approximate surface area is 170 Å². The van der Waals surface area contributed by atoms with Gasteiger partial charge in [-0.25, -0.2) is 4.98 Å². The van der Waals surface area contributed by atoms with Crippen LogP contribution in [-0.4, -0.2) is 42.0 Å². The molecule has 2 heterocycles. The number of anilines is 1. The quantitative estimate of drug-likeness (QED) is 0.668. The molecule has 2 aromatic carbocycles. The fraction of sp³-hybridized carbons (Fsp3) is 0.217. The van der Waals surface area contributed by atoms with Crippen LogP contribution in [0.2, 0.25) is 5.02 Å². The van der Waals surface area contributed by atoms with Gasteiger partial charge in [0.15, 0.2) is 0 Å². The first-order valence-electron chi connectivity index (χ1n) is 9.47. The minimum atomic E-state index is -0.275. The maximum atomic E-state index is 13.5. The van der Waals surface area contributed by atoms with Crippen molar-refractivity contribution >= 4 is 23.3 Å². The van der Waals surface area contributed by atoms with Crippen molar-refractivity contribution in [2.24, 2.45) is 0 Å². The molecule has 142 valence electrons. The molecule has 4 nitrogen and oxygen atoms in total. The first-order valence-corrected chi connectivity index (χ1v) is 9.85. The average molecular weight is 392 g/mol. The zero-order chi connectivity index (χ0) is 19.3. The Morgan fingerprint density at radius 2 is 1.39 bits per heavy atom. The Balaban J connectivity index is 1.51. The van der Waals surface area contributed by atoms with Gasteiger partial charge in [-0.1, -0.05) is 72.3 Å². The maximum Gasteiger partial charge on any atom is 0.234 e. The number of halogens is 1. The molecule has 4 rings (SSSR count). The number of rotatable bonds is 4. The van der Waals surface area contributed by atoms with Crippen LogP contribution >= 0.6 is 11.6 Å². The van der Waals surface area contributed by atoms with Crippen LogP contribution in [0.15, 0.2) is 79.0 Å². The fourth-order valence-electron chi connectivity index (χ4n) is 3.66. The molecule has 0 atom stereocenters. The van der Waals surface area contributed by atoms with E-state index in [9.17, 15) is 4.79 Å². The normalized spacial score (nSPS) is 14.4. The molecule has 0 spiro atoms. The molecule has 1 aliphatic heterocycles. The van der Waals surface area contributed by atoms with E-state index in [1.807, 2.05) is 77.7 Å². The molecule has 1 saturated heterocycles. The van der Waals surface area contributed by atoms with Gasteiger partial charge >= 0.3 is 0 Å². The van der Waals surface area contributed by atoms with E-state index in [4.69, 9.17) is 11.6 Å². The molecule has 1 fully saturated rings. The molecular formula is C23H22ClN3O. The third kappa shape index (κ3) is 4.02. The lowest BCUT2D eigenvalue weighted by molar-refractivity contribution is -0.132. The predicted octanol–water partition coefficient (Wildman–Crippen LogP) is 4.22. The average Bonchev–Trinajstić information content (AvgIpc) is 2.76. The Morgan fingerprint density at radius 1 is 0.821 bits per heavy atom. The second-order valence-corrected chi connectivity index (χ2v) is 7.34. The summed E-state index contributed by atoms with van der Waals surface area (Å²) in [5, 5.41) is 0.631. The molecule has 0 unspecified atom stereocenters. The van der Waals surface area contributed by atoms with Gasteiger partial charge in [0.2, 0.25) is 5.91 Å². The van der Waals surface area contributed by atoms with Gasteiger partial charge in [0, 0.05) is 32.4 Å². The second-order valence-electron chi connectivity index (χ2n) is 6.90. The largest absolute Gasteiger partial charge is 0.353 e. The minimum absolute atomic E-state index is 0.154. The first kappa shape index (κ1) is 18.5. The van der Waals surface area contributed by atoms with E-state index in [0.29, 0.717) is 18.1 Å². The minimum Gasteiger partial charge on any atom is -0.353 e. The van der Waals surface area contributed by atoms with Crippen LogP contribution in [0, 0.1) is 0 Å². The van der Waals surface area contributed by atoms with Gasteiger partial charge in [-0.05, 0) is 23.3 Å². The standard InChI is InChI=1S/C23H22ClN3O/c24-20-11-12-21(25-17-20)26-13-15-27(16-14-26)23(28)22(18-7-3-1-4-8-18)19-9-5-2-6-10-19/h1-12,17,22H,13-16H2. The van der Waals surface area contributed by atoms with Crippen molar-refractivity contribution in [2.75, 3.05) is 31.1 Å². The lowest BCUT2D eigenvalue weighted by Crippen LogP contribution is -2.50. The highest BCUT2D eigenvalue weighted by atomic mass is 35.5. The Bertz CT molecular complexity index is 868. The van der Waals surface area contributed by atoms with Crippen molar-refractivity contribution in [3.8, 4) is 0 Å². The van der Waals surface area contributed by atoms with E-state index in [0.717, 1.165) is 30.0 Å². The van der Waals surface area contributed by atoms with Crippen molar-refractivity contribution in [3.05, 3.63) is 95.1 Å². The van der Waals surface area contributed by atoms with Crippen LogP contribution in [-0.2, 0) is 4.79 Å². The van der Waals surface area contributed by atoms with Crippen molar-refractivity contribution in [1.29, 1.82) is 0 Å². The summed E-state index contributed by atoms with van der Waals surface area (Å²) in [4.78, 5) is 22.0. The summed E-state index contributed by atoms with van der Waals surface area (Å²) >= 11 is 5.93. The third-order valence-electron chi connectivity index (χ3n) is 5.14. The Kier molecular flexibility index (Phi) is 5.58. The van der Waals surface area contributed by atoms with Gasteiger partial charge in [-0.3, -0.25) is 4.79 Å². The maximum absolute atomic E-state index is 13.5. The van der Waals surface area contributed by atoms with Crippen LogP contribution < -0.4 is 4.90 Å². The summed E-state index contributed by atoms with van der Waals surface area (Å²) in [6.45, 7) is 2.88. The van der Waals surface area contributed by atoms with Gasteiger partial charge in [0.05, 0.1) is 10.9 Å². The summed E-state index contributed by atoms with van der Waals surface area (Å²) < 4.78 is 0. The molecule has 5 heteroatoms. The molecule has 1 aromatic heterocycles. The molecule has 0 aliphatic carbocycles. The van der Waals surface area contributed by atoms with Gasteiger partial charge in [0.1, 0.15) is 5.82 Å². The first-order chi connectivity index (χ1) is 13.7. The van der Waals surface area contributed by atoms with Crippen molar-refractivity contribution in [1.82, 2.24) is 9.88 Å². The van der Waals surface area contributed by atoms with Crippen LogP contribution in [0.4, 0.5) is 5.82 Å². The highest BCUT2D eigenvalue weighted by molar-refractivity contribution is 6.30. The number of nitrogens with zero attached hydrogens (tertiary/aromatic N) is 3. The van der Waals surface area contributed by atoms with E-state index in [-0.39, 0.29) is 11.8 Å². The molecule has 1 aliphatic rings. The van der Waals surface area contributed by atoms with E-state index >= 15 is 0 Å². The lowest BCUT2D eigenvalue weighted by Gasteiger charge is -2.37. The SMILES string of the molecule is O=C(C(c1ccccc1)c1ccccc1)N1CCN(c2ccc(Cl)cn2)CC1. The molecule has 3 aromatic rings. The number of aromatic nitrogens is 1. The molecule has 0 radical (unpaired) electrons. The van der Waals surface area contributed by atoms with Crippen LogP contribution in [0.1, 0.15) is 17.0 Å². The summed E-state index contributed by atoms with van der Waals surface area (Å²) in [5.74, 6) is 0.780. The van der Waals surface area contributed by atoms with E-state index in [1.165, 1.54) is 0 Å². The smallest absolute Gasteiger partial charge is 0.234 e. The number of benzene rings is 2. The number of hydrogen-bond acceptors (Lipinski definition) is 3. The molecule has 1 amide bonds. The van der Waals surface area contributed by atoms with E-state index in [2.05, 4.69) is 9.88 Å². The summed E-state index contributed by atoms with van der Waals surface area (Å²) in [6.07, 6.45) is 1.66. The number of carbonyl (C=O) groups is 1. The van der Waals surface area contributed by atoms with Crippen LogP contribution in [0.3, 0.4) is 0 Å². The molecule has 28 heavy (non-hydrogen) atoms. The van der Waals surface area contributed by atoms with Gasteiger partial charge < -0.3 is 9.80 Å². The van der Waals surface area contributed by atoms with Gasteiger partial charge in [-0.15, -0.1) is 0 Å². The molecule has 0 saturated carbocycles. The number of hydrogen-bond donors (Lipinski definition) is 0. The monoisotopic (exact) mass is 391 g/mol. The zero-order valence-electron chi connectivity index (χ0n) is 15.5. The highest BCUT2D eigenvalue weighted by Crippen LogP contribution is 2.27. The Morgan fingerprint density at radius 3 is 1.89 bits per heavy atom. The number of piperazine rings is 1. The van der Waals surface area contributed by atoms with Crippen LogP contribution in [0.5, 0.6) is 0 Å². The highest BCUT2D eigenvalue weighted by Gasteiger charge is 2.30. The van der Waals surface area contributed by atoms with Gasteiger partial charge in [0.25, 0.3) is 0 Å². The third-order valence-corrected chi connectivity index (χ3v) is 5.36. The summed E-state index contributed by atoms with van der Waals surface area (Å²) in [7, 11) is 0. The van der Waals surface area contributed by atoms with Crippen molar-refractivity contribution in [3.63, 3.8) is 0 Å². The molecule has 0 N–H and O–H groups in total. The second kappa shape index (κ2) is 8.44. The van der Waals surface area contributed by atoms with Gasteiger partial charge in [-0.2, -0.15) is 0 Å². The number of pyridine rings is 1. The van der Waals surface area contributed by atoms with E-state index in [1.54, 1.807) is 6.20 Å². The molecule has 0 bridgehead atoms. The number of carbonyl (C=O) groups excluding carboxylic acids is 1. The fourth-order valence-corrected chi connectivity index (χ4v) is 3.77. The zero-order valence-corrected chi connectivity index (χ0v) is 16.3. The topological polar surface area (TPSA) is 36.4 Å². The molecular weight excluding hydrogens is 370 g/mol.